The standard InChI is InChI=1S/C14H10O8.K/c1-3-7(15)11(19)5(12(20)8(3)16)6-13(21)9(17)4(2)10(18)14(6)22;/h15,17,20,22H,1-2H3;/q;+1. The van der Waals surface area contributed by atoms with Gasteiger partial charge in [0, 0.05) is 11.1 Å². The third kappa shape index (κ3) is 2.74. The van der Waals surface area contributed by atoms with Crippen LogP contribution >= 0.6 is 0 Å². The molecule has 4 N–H and O–H groups in total. The summed E-state index contributed by atoms with van der Waals surface area (Å²) in [6.45, 7) is 2.15. The number of rotatable bonds is 1. The predicted molar refractivity (Wildman–Crippen MR) is 70.0 cm³/mol. The molecule has 0 aromatic heterocycles. The Labute approximate surface area is 171 Å². The van der Waals surface area contributed by atoms with Crippen molar-refractivity contribution in [1.29, 1.82) is 0 Å². The van der Waals surface area contributed by atoms with E-state index < -0.39 is 68.5 Å². The molecule has 0 heterocycles. The Morgan fingerprint density at radius 3 is 1.04 bits per heavy atom. The van der Waals surface area contributed by atoms with Gasteiger partial charge < -0.3 is 20.4 Å². The van der Waals surface area contributed by atoms with E-state index in [9.17, 15) is 39.6 Å². The molecule has 114 valence electrons. The Kier molecular flexibility index (Phi) is 5.55. The number of ketones is 4. The fourth-order valence-corrected chi connectivity index (χ4v) is 2.05. The van der Waals surface area contributed by atoms with E-state index in [0.29, 0.717) is 0 Å². The number of allylic oxidation sites excluding steroid dienone is 4. The van der Waals surface area contributed by atoms with Crippen LogP contribution in [-0.4, -0.2) is 43.6 Å². The van der Waals surface area contributed by atoms with Gasteiger partial charge in [-0.1, -0.05) is 0 Å². The summed E-state index contributed by atoms with van der Waals surface area (Å²) in [5, 5.41) is 38.7. The van der Waals surface area contributed by atoms with Gasteiger partial charge in [0.05, 0.1) is 11.1 Å². The largest absolute Gasteiger partial charge is 1.00 e. The number of hydrogen-bond acceptors (Lipinski definition) is 8. The molecule has 0 aliphatic heterocycles. The van der Waals surface area contributed by atoms with Gasteiger partial charge in [-0.15, -0.1) is 0 Å². The fraction of sp³-hybridized carbons (Fsp3) is 0.143. The third-order valence-electron chi connectivity index (χ3n) is 3.43. The minimum absolute atomic E-state index is 0. The van der Waals surface area contributed by atoms with Crippen molar-refractivity contribution in [3.05, 3.63) is 45.3 Å². The van der Waals surface area contributed by atoms with Crippen molar-refractivity contribution in [2.75, 3.05) is 0 Å². The summed E-state index contributed by atoms with van der Waals surface area (Å²) in [6.07, 6.45) is 0. The molecule has 0 bridgehead atoms. The van der Waals surface area contributed by atoms with Crippen molar-refractivity contribution in [1.82, 2.24) is 0 Å². The molecule has 8 nitrogen and oxygen atoms in total. The van der Waals surface area contributed by atoms with E-state index >= 15 is 0 Å². The molecule has 0 fully saturated rings. The minimum atomic E-state index is -1.32. The van der Waals surface area contributed by atoms with Gasteiger partial charge in [-0.05, 0) is 13.8 Å². The average molecular weight is 345 g/mol. The van der Waals surface area contributed by atoms with E-state index in [0.717, 1.165) is 13.8 Å². The van der Waals surface area contributed by atoms with E-state index in [4.69, 9.17) is 0 Å². The second kappa shape index (κ2) is 6.53. The van der Waals surface area contributed by atoms with Crippen molar-refractivity contribution in [3.63, 3.8) is 0 Å². The van der Waals surface area contributed by atoms with Gasteiger partial charge >= 0.3 is 51.4 Å². The first-order chi connectivity index (χ1) is 10.1. The van der Waals surface area contributed by atoms with Crippen LogP contribution < -0.4 is 51.4 Å². The Hall–Kier alpha value is -1.52. The van der Waals surface area contributed by atoms with Crippen LogP contribution in [0.25, 0.3) is 0 Å². The zero-order valence-electron chi connectivity index (χ0n) is 12.4. The van der Waals surface area contributed by atoms with E-state index in [1.54, 1.807) is 0 Å². The maximum atomic E-state index is 12.0. The van der Waals surface area contributed by atoms with E-state index in [1.165, 1.54) is 0 Å². The molecule has 0 unspecified atom stereocenters. The van der Waals surface area contributed by atoms with Crippen molar-refractivity contribution in [2.24, 2.45) is 0 Å². The molecule has 2 rings (SSSR count). The van der Waals surface area contributed by atoms with Crippen molar-refractivity contribution >= 4 is 23.1 Å². The fourth-order valence-electron chi connectivity index (χ4n) is 2.05. The molecule has 23 heavy (non-hydrogen) atoms. The monoisotopic (exact) mass is 345 g/mol. The van der Waals surface area contributed by atoms with Gasteiger partial charge in [0.1, 0.15) is 0 Å². The second-order valence-corrected chi connectivity index (χ2v) is 4.71. The average Bonchev–Trinajstić information content (AvgIpc) is 2.50. The van der Waals surface area contributed by atoms with Crippen LogP contribution in [0.2, 0.25) is 0 Å². The first kappa shape index (κ1) is 19.5. The molecule has 0 saturated carbocycles. The first-order valence-corrected chi connectivity index (χ1v) is 5.96. The smallest absolute Gasteiger partial charge is 0.504 e. The van der Waals surface area contributed by atoms with Crippen LogP contribution in [0.15, 0.2) is 45.3 Å². The number of aliphatic hydroxyl groups excluding tert-OH is 4. The number of carbonyl (C=O) groups excluding carboxylic acids is 4. The molecule has 0 atom stereocenters. The van der Waals surface area contributed by atoms with Gasteiger partial charge in [-0.25, -0.2) is 0 Å². The first-order valence-electron chi connectivity index (χ1n) is 5.96. The summed E-state index contributed by atoms with van der Waals surface area (Å²) in [7, 11) is 0. The second-order valence-electron chi connectivity index (χ2n) is 4.71. The normalized spacial score (nSPS) is 19.7. The predicted octanol–water partition coefficient (Wildman–Crippen LogP) is -2.42. The maximum absolute atomic E-state index is 12.0. The molecule has 0 spiro atoms. The minimum Gasteiger partial charge on any atom is -0.504 e. The summed E-state index contributed by atoms with van der Waals surface area (Å²) >= 11 is 0. The zero-order valence-corrected chi connectivity index (χ0v) is 15.5. The van der Waals surface area contributed by atoms with Gasteiger partial charge in [0.25, 0.3) is 0 Å². The molecule has 2 aliphatic carbocycles. The Bertz CT molecular complexity index is 739. The topological polar surface area (TPSA) is 149 Å². The molecule has 9 heteroatoms. The summed E-state index contributed by atoms with van der Waals surface area (Å²) in [4.78, 5) is 47.4. The van der Waals surface area contributed by atoms with Crippen LogP contribution in [0.5, 0.6) is 0 Å². The quantitative estimate of drug-likeness (QED) is 0.303. The molecule has 0 radical (unpaired) electrons. The van der Waals surface area contributed by atoms with Crippen LogP contribution in [0.4, 0.5) is 0 Å². The SMILES string of the molecule is CC1=C(O)C(=O)C(C2=C(O)C(=O)C(C)=C(O)C2=O)=C(O)C1=O.[K+]. The van der Waals surface area contributed by atoms with Crippen molar-refractivity contribution < 1.29 is 91.0 Å². The van der Waals surface area contributed by atoms with Crippen molar-refractivity contribution in [2.45, 2.75) is 13.8 Å². The number of aliphatic hydroxyl groups is 4. The molecule has 2 aliphatic rings. The molecule has 0 aromatic carbocycles. The molecular formula is C14H10KO8+. The Morgan fingerprint density at radius 2 is 0.783 bits per heavy atom. The van der Waals surface area contributed by atoms with Crippen LogP contribution in [0, 0.1) is 0 Å². The van der Waals surface area contributed by atoms with Crippen LogP contribution in [0.1, 0.15) is 13.8 Å². The summed E-state index contributed by atoms with van der Waals surface area (Å²) in [5.74, 6) is -9.36. The van der Waals surface area contributed by atoms with E-state index in [1.807, 2.05) is 0 Å². The van der Waals surface area contributed by atoms with E-state index in [-0.39, 0.29) is 51.4 Å². The Balaban J connectivity index is 0.00000264. The summed E-state index contributed by atoms with van der Waals surface area (Å²) in [5.41, 5.74) is -2.94. The molecule has 0 amide bonds. The van der Waals surface area contributed by atoms with Gasteiger partial charge in [-0.3, -0.25) is 19.2 Å². The zero-order chi connectivity index (χ0) is 16.9. The summed E-state index contributed by atoms with van der Waals surface area (Å²) in [6, 6.07) is 0. The van der Waals surface area contributed by atoms with Crippen LogP contribution in [0.3, 0.4) is 0 Å². The molecule has 0 aromatic rings. The maximum Gasteiger partial charge on any atom is 1.00 e. The number of carbonyl (C=O) groups is 4. The third-order valence-corrected chi connectivity index (χ3v) is 3.43. The summed E-state index contributed by atoms with van der Waals surface area (Å²) < 4.78 is 0. The molecular weight excluding hydrogens is 335 g/mol. The Morgan fingerprint density at radius 1 is 0.522 bits per heavy atom. The van der Waals surface area contributed by atoms with E-state index in [2.05, 4.69) is 0 Å². The van der Waals surface area contributed by atoms with Gasteiger partial charge in [0.2, 0.25) is 23.1 Å². The molecule has 0 saturated heterocycles. The van der Waals surface area contributed by atoms with Crippen LogP contribution in [-0.2, 0) is 19.2 Å². The van der Waals surface area contributed by atoms with Gasteiger partial charge in [-0.2, -0.15) is 0 Å². The number of Topliss-reactive ketones (excluding diaryl/α,β-unsaturated/α-hetero) is 4. The van der Waals surface area contributed by atoms with Gasteiger partial charge in [0.15, 0.2) is 23.0 Å². The van der Waals surface area contributed by atoms with Crippen molar-refractivity contribution in [3.8, 4) is 0 Å². The number of hydrogen-bond donors (Lipinski definition) is 4.